The first-order chi connectivity index (χ1) is 6.77. The molecule has 0 saturated heterocycles. The average Bonchev–Trinajstić information content (AvgIpc) is 2.19. The number of unbranched alkanes of at least 4 members (excludes halogenated alkanes) is 1. The van der Waals surface area contributed by atoms with Crippen molar-refractivity contribution in [1.82, 2.24) is 9.97 Å². The predicted octanol–water partition coefficient (Wildman–Crippen LogP) is 1.28. The first-order valence-electron chi connectivity index (χ1n) is 4.68. The number of methoxy groups -OCH3 is 1. The number of ether oxygens (including phenoxy) is 1. The van der Waals surface area contributed by atoms with Crippen LogP contribution in [0.1, 0.15) is 19.8 Å². The summed E-state index contributed by atoms with van der Waals surface area (Å²) in [5.74, 6) is 1.54. The SMILES string of the molecule is CCCCNc1nc(N)ncc1OC. The van der Waals surface area contributed by atoms with Gasteiger partial charge in [0, 0.05) is 6.54 Å². The highest BCUT2D eigenvalue weighted by Crippen LogP contribution is 2.20. The summed E-state index contributed by atoms with van der Waals surface area (Å²) in [5, 5.41) is 3.15. The summed E-state index contributed by atoms with van der Waals surface area (Å²) < 4.78 is 5.09. The topological polar surface area (TPSA) is 73.1 Å². The van der Waals surface area contributed by atoms with E-state index in [1.807, 2.05) is 0 Å². The monoisotopic (exact) mass is 196 g/mol. The highest BCUT2D eigenvalue weighted by Gasteiger charge is 2.04. The molecule has 14 heavy (non-hydrogen) atoms. The van der Waals surface area contributed by atoms with E-state index in [9.17, 15) is 0 Å². The van der Waals surface area contributed by atoms with Crippen molar-refractivity contribution >= 4 is 11.8 Å². The normalized spacial score (nSPS) is 9.86. The zero-order chi connectivity index (χ0) is 10.4. The second kappa shape index (κ2) is 5.26. The van der Waals surface area contributed by atoms with Crippen LogP contribution < -0.4 is 15.8 Å². The van der Waals surface area contributed by atoms with Crippen LogP contribution in [0.15, 0.2) is 6.20 Å². The van der Waals surface area contributed by atoms with Gasteiger partial charge < -0.3 is 15.8 Å². The van der Waals surface area contributed by atoms with Crippen molar-refractivity contribution in [2.24, 2.45) is 0 Å². The minimum absolute atomic E-state index is 0.254. The van der Waals surface area contributed by atoms with Crippen LogP contribution >= 0.6 is 0 Å². The molecule has 5 nitrogen and oxygen atoms in total. The zero-order valence-electron chi connectivity index (χ0n) is 8.58. The van der Waals surface area contributed by atoms with E-state index < -0.39 is 0 Å². The lowest BCUT2D eigenvalue weighted by Gasteiger charge is -2.09. The number of nitrogens with zero attached hydrogens (tertiary/aromatic N) is 2. The average molecular weight is 196 g/mol. The maximum atomic E-state index is 5.47. The van der Waals surface area contributed by atoms with Crippen molar-refractivity contribution in [2.45, 2.75) is 19.8 Å². The Kier molecular flexibility index (Phi) is 3.97. The molecule has 5 heteroatoms. The second-order valence-corrected chi connectivity index (χ2v) is 2.93. The summed E-state index contributed by atoms with van der Waals surface area (Å²) in [7, 11) is 1.58. The van der Waals surface area contributed by atoms with Crippen LogP contribution in [0, 0.1) is 0 Å². The lowest BCUT2D eigenvalue weighted by Crippen LogP contribution is -2.07. The molecule has 0 aliphatic heterocycles. The van der Waals surface area contributed by atoms with Gasteiger partial charge in [0.2, 0.25) is 5.95 Å². The van der Waals surface area contributed by atoms with Crippen LogP contribution in [0.4, 0.5) is 11.8 Å². The van der Waals surface area contributed by atoms with E-state index in [0.717, 1.165) is 19.4 Å². The lowest BCUT2D eigenvalue weighted by atomic mass is 10.3. The van der Waals surface area contributed by atoms with Gasteiger partial charge in [-0.1, -0.05) is 13.3 Å². The van der Waals surface area contributed by atoms with E-state index in [0.29, 0.717) is 11.6 Å². The fourth-order valence-electron chi connectivity index (χ4n) is 1.04. The molecule has 0 radical (unpaired) electrons. The van der Waals surface area contributed by atoms with Crippen molar-refractivity contribution in [3.05, 3.63) is 6.20 Å². The number of nitrogens with one attached hydrogen (secondary N) is 1. The Morgan fingerprint density at radius 3 is 3.00 bits per heavy atom. The Hall–Kier alpha value is -1.52. The lowest BCUT2D eigenvalue weighted by molar-refractivity contribution is 0.413. The van der Waals surface area contributed by atoms with Gasteiger partial charge in [0.25, 0.3) is 0 Å². The van der Waals surface area contributed by atoms with Crippen molar-refractivity contribution in [3.8, 4) is 5.75 Å². The van der Waals surface area contributed by atoms with Crippen molar-refractivity contribution in [3.63, 3.8) is 0 Å². The Morgan fingerprint density at radius 1 is 1.57 bits per heavy atom. The van der Waals surface area contributed by atoms with E-state index >= 15 is 0 Å². The maximum absolute atomic E-state index is 5.47. The number of hydrogen-bond acceptors (Lipinski definition) is 5. The van der Waals surface area contributed by atoms with Crippen LogP contribution in [0.3, 0.4) is 0 Å². The van der Waals surface area contributed by atoms with Crippen LogP contribution in [0.25, 0.3) is 0 Å². The first kappa shape index (κ1) is 10.6. The first-order valence-corrected chi connectivity index (χ1v) is 4.68. The molecule has 0 amide bonds. The summed E-state index contributed by atoms with van der Waals surface area (Å²) in [6.07, 6.45) is 3.79. The zero-order valence-corrected chi connectivity index (χ0v) is 8.58. The Bertz CT molecular complexity index is 290. The number of aromatic nitrogens is 2. The number of anilines is 2. The van der Waals surface area contributed by atoms with Crippen molar-refractivity contribution < 1.29 is 4.74 Å². The maximum Gasteiger partial charge on any atom is 0.222 e. The highest BCUT2D eigenvalue weighted by molar-refractivity contribution is 5.50. The summed E-state index contributed by atoms with van der Waals surface area (Å²) in [5.41, 5.74) is 5.47. The van der Waals surface area contributed by atoms with Gasteiger partial charge in [-0.25, -0.2) is 4.98 Å². The molecule has 0 bridgehead atoms. The fraction of sp³-hybridized carbons (Fsp3) is 0.556. The number of rotatable bonds is 5. The standard InChI is InChI=1S/C9H16N4O/c1-3-4-5-11-8-7(14-2)6-12-9(10)13-8/h6H,3-5H2,1-2H3,(H3,10,11,12,13). The molecule has 3 N–H and O–H groups in total. The van der Waals surface area contributed by atoms with Gasteiger partial charge in [-0.3, -0.25) is 0 Å². The molecule has 78 valence electrons. The second-order valence-electron chi connectivity index (χ2n) is 2.93. The third-order valence-corrected chi connectivity index (χ3v) is 1.82. The molecule has 1 heterocycles. The fourth-order valence-corrected chi connectivity index (χ4v) is 1.04. The third kappa shape index (κ3) is 2.76. The molecule has 0 aromatic carbocycles. The molecule has 0 atom stereocenters. The van der Waals surface area contributed by atoms with Crippen molar-refractivity contribution in [1.29, 1.82) is 0 Å². The Labute approximate surface area is 83.7 Å². The summed E-state index contributed by atoms with van der Waals surface area (Å²) >= 11 is 0. The Morgan fingerprint density at radius 2 is 2.36 bits per heavy atom. The van der Waals surface area contributed by atoms with E-state index in [1.54, 1.807) is 13.3 Å². The molecule has 0 fully saturated rings. The number of nitrogens with two attached hydrogens (primary N) is 1. The van der Waals surface area contributed by atoms with Crippen LogP contribution in [0.2, 0.25) is 0 Å². The van der Waals surface area contributed by atoms with E-state index in [-0.39, 0.29) is 5.95 Å². The van der Waals surface area contributed by atoms with E-state index in [2.05, 4.69) is 22.2 Å². The molecule has 0 spiro atoms. The highest BCUT2D eigenvalue weighted by atomic mass is 16.5. The smallest absolute Gasteiger partial charge is 0.222 e. The largest absolute Gasteiger partial charge is 0.491 e. The molecule has 1 aromatic rings. The molecule has 0 unspecified atom stereocenters. The minimum Gasteiger partial charge on any atom is -0.491 e. The molecule has 1 aromatic heterocycles. The van der Waals surface area contributed by atoms with Crippen LogP contribution in [-0.2, 0) is 0 Å². The molecular weight excluding hydrogens is 180 g/mol. The molecule has 0 saturated carbocycles. The van der Waals surface area contributed by atoms with Gasteiger partial charge in [-0.2, -0.15) is 4.98 Å². The Balaban J connectivity index is 2.67. The minimum atomic E-state index is 0.254. The molecular formula is C9H16N4O. The number of nitrogen functional groups attached to an aromatic ring is 1. The predicted molar refractivity (Wildman–Crippen MR) is 56.4 cm³/mol. The summed E-state index contributed by atoms with van der Waals surface area (Å²) in [6.45, 7) is 3.00. The van der Waals surface area contributed by atoms with E-state index in [4.69, 9.17) is 10.5 Å². The van der Waals surface area contributed by atoms with E-state index in [1.165, 1.54) is 0 Å². The summed E-state index contributed by atoms with van der Waals surface area (Å²) in [6, 6.07) is 0. The van der Waals surface area contributed by atoms with Crippen LogP contribution in [-0.4, -0.2) is 23.6 Å². The van der Waals surface area contributed by atoms with Gasteiger partial charge >= 0.3 is 0 Å². The molecule has 0 aliphatic rings. The van der Waals surface area contributed by atoms with Crippen molar-refractivity contribution in [2.75, 3.05) is 24.7 Å². The van der Waals surface area contributed by atoms with Gasteiger partial charge in [0.15, 0.2) is 11.6 Å². The number of hydrogen-bond donors (Lipinski definition) is 2. The van der Waals surface area contributed by atoms with Gasteiger partial charge in [-0.05, 0) is 6.42 Å². The van der Waals surface area contributed by atoms with Gasteiger partial charge in [0.1, 0.15) is 0 Å². The summed E-state index contributed by atoms with van der Waals surface area (Å²) in [4.78, 5) is 7.89. The molecule has 1 rings (SSSR count). The van der Waals surface area contributed by atoms with Crippen LogP contribution in [0.5, 0.6) is 5.75 Å². The van der Waals surface area contributed by atoms with Gasteiger partial charge in [0.05, 0.1) is 13.3 Å². The quantitative estimate of drug-likeness (QED) is 0.694. The molecule has 0 aliphatic carbocycles. The third-order valence-electron chi connectivity index (χ3n) is 1.82. The van der Waals surface area contributed by atoms with Gasteiger partial charge in [-0.15, -0.1) is 0 Å².